The van der Waals surface area contributed by atoms with E-state index >= 15 is 0 Å². The number of amides is 1. The molecule has 0 heterocycles. The van der Waals surface area contributed by atoms with Crippen LogP contribution in [0.3, 0.4) is 0 Å². The van der Waals surface area contributed by atoms with Crippen LogP contribution in [0.25, 0.3) is 6.08 Å². The number of halogens is 3. The highest BCUT2D eigenvalue weighted by atomic mass is 127. The molecule has 0 spiro atoms. The van der Waals surface area contributed by atoms with Crippen molar-refractivity contribution in [2.75, 3.05) is 5.32 Å². The maximum absolute atomic E-state index is 13.5. The van der Waals surface area contributed by atoms with Crippen LogP contribution in [0.5, 0.6) is 0 Å². The number of nitrogens with one attached hydrogen (secondary N) is 1. The fourth-order valence-electron chi connectivity index (χ4n) is 1.54. The molecule has 0 aromatic heterocycles. The van der Waals surface area contributed by atoms with Gasteiger partial charge in [0, 0.05) is 19.7 Å². The first-order chi connectivity index (χ1) is 9.56. The lowest BCUT2D eigenvalue weighted by molar-refractivity contribution is -0.111. The minimum absolute atomic E-state index is 0.298. The van der Waals surface area contributed by atoms with E-state index in [2.05, 4.69) is 43.8 Å². The highest BCUT2D eigenvalue weighted by Gasteiger charge is 2.03. The van der Waals surface area contributed by atoms with Gasteiger partial charge in [-0.2, -0.15) is 0 Å². The summed E-state index contributed by atoms with van der Waals surface area (Å²) in [4.78, 5) is 11.8. The van der Waals surface area contributed by atoms with E-state index in [0.717, 1.165) is 13.7 Å². The van der Waals surface area contributed by atoms with Crippen LogP contribution in [0.4, 0.5) is 10.1 Å². The second kappa shape index (κ2) is 6.99. The molecule has 0 aliphatic heterocycles. The molecule has 0 radical (unpaired) electrons. The van der Waals surface area contributed by atoms with Crippen LogP contribution < -0.4 is 5.32 Å². The lowest BCUT2D eigenvalue weighted by Crippen LogP contribution is -2.08. The van der Waals surface area contributed by atoms with Crippen molar-refractivity contribution < 1.29 is 9.18 Å². The minimum Gasteiger partial charge on any atom is -0.322 e. The zero-order valence-corrected chi connectivity index (χ0v) is 14.0. The molecule has 1 N–H and O–H groups in total. The first-order valence-electron chi connectivity index (χ1n) is 5.75. The number of hydrogen-bond donors (Lipinski definition) is 1. The second-order valence-electron chi connectivity index (χ2n) is 3.97. The average molecular weight is 446 g/mol. The van der Waals surface area contributed by atoms with Crippen LogP contribution in [-0.2, 0) is 4.79 Å². The topological polar surface area (TPSA) is 29.1 Å². The Labute approximate surface area is 138 Å². The molecule has 0 atom stereocenters. The van der Waals surface area contributed by atoms with Gasteiger partial charge in [0.2, 0.25) is 5.91 Å². The number of anilines is 1. The van der Waals surface area contributed by atoms with Gasteiger partial charge in [0.1, 0.15) is 5.82 Å². The summed E-state index contributed by atoms with van der Waals surface area (Å²) in [5.41, 5.74) is 1.09. The second-order valence-corrected chi connectivity index (χ2v) is 6.05. The van der Waals surface area contributed by atoms with Crippen LogP contribution in [0, 0.1) is 9.39 Å². The van der Waals surface area contributed by atoms with Gasteiger partial charge in [-0.1, -0.05) is 28.1 Å². The molecule has 2 aromatic rings. The molecule has 2 rings (SSSR count). The van der Waals surface area contributed by atoms with Crippen molar-refractivity contribution in [3.05, 3.63) is 68.0 Å². The lowest BCUT2D eigenvalue weighted by Gasteiger charge is -2.04. The lowest BCUT2D eigenvalue weighted by atomic mass is 10.2. The molecule has 2 nitrogen and oxygen atoms in total. The summed E-state index contributed by atoms with van der Waals surface area (Å²) in [5, 5.41) is 2.75. The molecule has 102 valence electrons. The predicted molar refractivity (Wildman–Crippen MR) is 90.9 cm³/mol. The predicted octanol–water partition coefficient (Wildman–Crippen LogP) is 4.84. The molecule has 0 aliphatic carbocycles. The largest absolute Gasteiger partial charge is 0.322 e. The molecular weight excluding hydrogens is 436 g/mol. The van der Waals surface area contributed by atoms with E-state index in [9.17, 15) is 9.18 Å². The first-order valence-corrected chi connectivity index (χ1v) is 7.62. The Bertz CT molecular complexity index is 673. The van der Waals surface area contributed by atoms with Crippen molar-refractivity contribution in [3.63, 3.8) is 0 Å². The zero-order chi connectivity index (χ0) is 14.5. The standard InChI is InChI=1S/C15H10BrFINO/c16-11-6-7-12(17)10(9-11)5-8-15(20)19-14-4-2-1-3-13(14)18/h1-9H,(H,19,20)/b8-5+. The van der Waals surface area contributed by atoms with Gasteiger partial charge >= 0.3 is 0 Å². The Kier molecular flexibility index (Phi) is 5.31. The van der Waals surface area contributed by atoms with Crippen molar-refractivity contribution in [2.24, 2.45) is 0 Å². The van der Waals surface area contributed by atoms with Gasteiger partial charge < -0.3 is 5.32 Å². The average Bonchev–Trinajstić information content (AvgIpc) is 2.42. The smallest absolute Gasteiger partial charge is 0.248 e. The molecule has 5 heteroatoms. The number of benzene rings is 2. The number of carbonyl (C=O) groups is 1. The van der Waals surface area contributed by atoms with Crippen molar-refractivity contribution in [1.82, 2.24) is 0 Å². The number of para-hydroxylation sites is 1. The molecule has 0 aliphatic rings. The third-order valence-electron chi connectivity index (χ3n) is 2.50. The Balaban J connectivity index is 2.10. The van der Waals surface area contributed by atoms with E-state index in [1.807, 2.05) is 24.3 Å². The first kappa shape index (κ1) is 15.2. The summed E-state index contributed by atoms with van der Waals surface area (Å²) in [6.07, 6.45) is 2.76. The summed E-state index contributed by atoms with van der Waals surface area (Å²) >= 11 is 5.40. The normalized spacial score (nSPS) is 10.8. The third-order valence-corrected chi connectivity index (χ3v) is 3.94. The van der Waals surface area contributed by atoms with E-state index in [0.29, 0.717) is 5.56 Å². The van der Waals surface area contributed by atoms with Crippen molar-refractivity contribution in [3.8, 4) is 0 Å². The van der Waals surface area contributed by atoms with Gasteiger partial charge in [0.05, 0.1) is 5.69 Å². The molecule has 0 fully saturated rings. The van der Waals surface area contributed by atoms with Crippen LogP contribution >= 0.6 is 38.5 Å². The van der Waals surface area contributed by atoms with Crippen molar-refractivity contribution in [1.29, 1.82) is 0 Å². The van der Waals surface area contributed by atoms with Crippen LogP contribution in [-0.4, -0.2) is 5.91 Å². The molecular formula is C15H10BrFINO. The summed E-state index contributed by atoms with van der Waals surface area (Å²) in [7, 11) is 0. The Morgan fingerprint density at radius 1 is 1.25 bits per heavy atom. The van der Waals surface area contributed by atoms with Gasteiger partial charge in [-0.05, 0) is 59.0 Å². The summed E-state index contributed by atoms with van der Waals surface area (Å²) in [6, 6.07) is 12.0. The Hall–Kier alpha value is -1.21. The molecule has 0 bridgehead atoms. The number of hydrogen-bond acceptors (Lipinski definition) is 1. The third kappa shape index (κ3) is 4.14. The van der Waals surface area contributed by atoms with E-state index in [-0.39, 0.29) is 11.7 Å². The highest BCUT2D eigenvalue weighted by molar-refractivity contribution is 14.1. The summed E-state index contributed by atoms with van der Waals surface area (Å²) in [5.74, 6) is -0.667. The number of rotatable bonds is 3. The Morgan fingerprint density at radius 2 is 2.00 bits per heavy atom. The molecule has 2 aromatic carbocycles. The number of carbonyl (C=O) groups excluding carboxylic acids is 1. The highest BCUT2D eigenvalue weighted by Crippen LogP contribution is 2.18. The maximum Gasteiger partial charge on any atom is 0.248 e. The van der Waals surface area contributed by atoms with Crippen LogP contribution in [0.15, 0.2) is 53.0 Å². The van der Waals surface area contributed by atoms with Gasteiger partial charge in [0.25, 0.3) is 0 Å². The molecule has 0 saturated heterocycles. The van der Waals surface area contributed by atoms with E-state index in [1.54, 1.807) is 12.1 Å². The zero-order valence-electron chi connectivity index (χ0n) is 10.2. The van der Waals surface area contributed by atoms with Crippen molar-refractivity contribution >= 4 is 56.2 Å². The van der Waals surface area contributed by atoms with Gasteiger partial charge in [0.15, 0.2) is 0 Å². The fourth-order valence-corrected chi connectivity index (χ4v) is 2.45. The molecule has 20 heavy (non-hydrogen) atoms. The van der Waals surface area contributed by atoms with Gasteiger partial charge in [-0.15, -0.1) is 0 Å². The minimum atomic E-state index is -0.369. The van der Waals surface area contributed by atoms with Gasteiger partial charge in [-0.25, -0.2) is 4.39 Å². The SMILES string of the molecule is O=C(/C=C/c1cc(Br)ccc1F)Nc1ccccc1I. The quantitative estimate of drug-likeness (QED) is 0.531. The van der Waals surface area contributed by atoms with Crippen molar-refractivity contribution in [2.45, 2.75) is 0 Å². The van der Waals surface area contributed by atoms with Gasteiger partial charge in [-0.3, -0.25) is 4.79 Å². The maximum atomic E-state index is 13.5. The molecule has 1 amide bonds. The Morgan fingerprint density at radius 3 is 2.75 bits per heavy atom. The van der Waals surface area contributed by atoms with E-state index < -0.39 is 0 Å². The van der Waals surface area contributed by atoms with Crippen LogP contribution in [0.2, 0.25) is 0 Å². The summed E-state index contributed by atoms with van der Waals surface area (Å²) < 4.78 is 15.2. The van der Waals surface area contributed by atoms with E-state index in [1.165, 1.54) is 18.2 Å². The van der Waals surface area contributed by atoms with Crippen LogP contribution in [0.1, 0.15) is 5.56 Å². The molecule has 0 unspecified atom stereocenters. The van der Waals surface area contributed by atoms with E-state index in [4.69, 9.17) is 0 Å². The molecule has 0 saturated carbocycles. The monoisotopic (exact) mass is 445 g/mol. The summed E-state index contributed by atoms with van der Waals surface area (Å²) in [6.45, 7) is 0. The fraction of sp³-hybridized carbons (Fsp3) is 0.